The first kappa shape index (κ1) is 14.1. The summed E-state index contributed by atoms with van der Waals surface area (Å²) in [6.45, 7) is 4.85. The number of thiazole rings is 1. The van der Waals surface area contributed by atoms with E-state index in [0.717, 1.165) is 23.5 Å². The summed E-state index contributed by atoms with van der Waals surface area (Å²) >= 11 is 1.30. The molecule has 0 aromatic carbocycles. The standard InChI is InChI=1S/C12H20N2O2S/c1-5-8(6-2)10-11(12(15)16)17-9(13-10)7-14(3)4/h8H,5-7H2,1-4H3,(H,15,16). The Hall–Kier alpha value is -0.940. The maximum atomic E-state index is 11.2. The minimum Gasteiger partial charge on any atom is -0.477 e. The van der Waals surface area contributed by atoms with Gasteiger partial charge in [0.05, 0.1) is 5.69 Å². The van der Waals surface area contributed by atoms with Crippen molar-refractivity contribution in [3.05, 3.63) is 15.6 Å². The third kappa shape index (κ3) is 3.51. The van der Waals surface area contributed by atoms with Gasteiger partial charge in [0.2, 0.25) is 0 Å². The Bertz CT molecular complexity index is 384. The van der Waals surface area contributed by atoms with E-state index < -0.39 is 5.97 Å². The molecule has 1 rings (SSSR count). The van der Waals surface area contributed by atoms with Crippen LogP contribution in [0.25, 0.3) is 0 Å². The smallest absolute Gasteiger partial charge is 0.347 e. The summed E-state index contributed by atoms with van der Waals surface area (Å²) in [7, 11) is 3.91. The van der Waals surface area contributed by atoms with E-state index in [-0.39, 0.29) is 5.92 Å². The molecule has 5 heteroatoms. The van der Waals surface area contributed by atoms with E-state index in [1.807, 2.05) is 19.0 Å². The summed E-state index contributed by atoms with van der Waals surface area (Å²) in [5.41, 5.74) is 0.768. The molecular formula is C12H20N2O2S. The molecule has 0 aliphatic carbocycles. The number of hydrogen-bond donors (Lipinski definition) is 1. The molecular weight excluding hydrogens is 236 g/mol. The molecule has 1 heterocycles. The SMILES string of the molecule is CCC(CC)c1nc(CN(C)C)sc1C(=O)O. The van der Waals surface area contributed by atoms with Gasteiger partial charge < -0.3 is 10.0 Å². The molecule has 1 aromatic heterocycles. The maximum Gasteiger partial charge on any atom is 0.347 e. The zero-order valence-corrected chi connectivity index (χ0v) is 11.7. The Morgan fingerprint density at radius 1 is 1.41 bits per heavy atom. The first-order valence-corrected chi connectivity index (χ1v) is 6.68. The second kappa shape index (κ2) is 6.12. The van der Waals surface area contributed by atoms with Crippen LogP contribution in [0, 0.1) is 0 Å². The first-order chi connectivity index (χ1) is 7.99. The van der Waals surface area contributed by atoms with Gasteiger partial charge >= 0.3 is 5.97 Å². The summed E-state index contributed by atoms with van der Waals surface area (Å²) in [4.78, 5) is 18.1. The largest absolute Gasteiger partial charge is 0.477 e. The molecule has 96 valence electrons. The Morgan fingerprint density at radius 2 is 2.00 bits per heavy atom. The predicted octanol–water partition coefficient (Wildman–Crippen LogP) is 2.81. The molecule has 0 unspecified atom stereocenters. The van der Waals surface area contributed by atoms with Crippen molar-refractivity contribution in [1.82, 2.24) is 9.88 Å². The van der Waals surface area contributed by atoms with Crippen molar-refractivity contribution in [3.8, 4) is 0 Å². The van der Waals surface area contributed by atoms with Gasteiger partial charge in [0, 0.05) is 12.5 Å². The van der Waals surface area contributed by atoms with Crippen LogP contribution >= 0.6 is 11.3 Å². The predicted molar refractivity (Wildman–Crippen MR) is 69.8 cm³/mol. The number of carboxylic acid groups (broad SMARTS) is 1. The van der Waals surface area contributed by atoms with Gasteiger partial charge in [0.15, 0.2) is 0 Å². The minimum absolute atomic E-state index is 0.258. The van der Waals surface area contributed by atoms with Crippen molar-refractivity contribution < 1.29 is 9.90 Å². The molecule has 0 amide bonds. The van der Waals surface area contributed by atoms with Crippen molar-refractivity contribution in [1.29, 1.82) is 0 Å². The highest BCUT2D eigenvalue weighted by molar-refractivity contribution is 7.13. The second-order valence-electron chi connectivity index (χ2n) is 4.38. The fourth-order valence-corrected chi connectivity index (χ4v) is 2.93. The van der Waals surface area contributed by atoms with Gasteiger partial charge in [-0.2, -0.15) is 0 Å². The molecule has 1 aromatic rings. The monoisotopic (exact) mass is 256 g/mol. The highest BCUT2D eigenvalue weighted by Crippen LogP contribution is 2.30. The molecule has 0 radical (unpaired) electrons. The van der Waals surface area contributed by atoms with Crippen molar-refractivity contribution >= 4 is 17.3 Å². The van der Waals surface area contributed by atoms with Gasteiger partial charge in [-0.3, -0.25) is 0 Å². The van der Waals surface area contributed by atoms with Crippen molar-refractivity contribution in [2.75, 3.05) is 14.1 Å². The zero-order valence-electron chi connectivity index (χ0n) is 10.9. The second-order valence-corrected chi connectivity index (χ2v) is 5.46. The quantitative estimate of drug-likeness (QED) is 0.850. The van der Waals surface area contributed by atoms with E-state index in [9.17, 15) is 9.90 Å². The molecule has 0 bridgehead atoms. The lowest BCUT2D eigenvalue weighted by molar-refractivity contribution is 0.0700. The van der Waals surface area contributed by atoms with Crippen LogP contribution in [-0.2, 0) is 6.54 Å². The van der Waals surface area contributed by atoms with Crippen LogP contribution in [0.15, 0.2) is 0 Å². The number of rotatable bonds is 6. The van der Waals surface area contributed by atoms with Crippen LogP contribution in [0.1, 0.15) is 53.0 Å². The van der Waals surface area contributed by atoms with E-state index >= 15 is 0 Å². The lowest BCUT2D eigenvalue weighted by atomic mass is 9.98. The topological polar surface area (TPSA) is 53.4 Å². The van der Waals surface area contributed by atoms with Gasteiger partial charge in [-0.25, -0.2) is 9.78 Å². The van der Waals surface area contributed by atoms with Crippen LogP contribution in [0.4, 0.5) is 0 Å². The third-order valence-electron chi connectivity index (χ3n) is 2.72. The number of aromatic carboxylic acids is 1. The van der Waals surface area contributed by atoms with E-state index in [0.29, 0.717) is 11.4 Å². The van der Waals surface area contributed by atoms with Crippen LogP contribution in [0.3, 0.4) is 0 Å². The lowest BCUT2D eigenvalue weighted by Crippen LogP contribution is -2.10. The molecule has 0 fully saturated rings. The van der Waals surface area contributed by atoms with E-state index in [4.69, 9.17) is 0 Å². The molecule has 17 heavy (non-hydrogen) atoms. The fraction of sp³-hybridized carbons (Fsp3) is 0.667. The van der Waals surface area contributed by atoms with Gasteiger partial charge in [-0.05, 0) is 26.9 Å². The number of carboxylic acids is 1. The van der Waals surface area contributed by atoms with E-state index in [1.54, 1.807) is 0 Å². The Labute approximate surface area is 106 Å². The third-order valence-corrected chi connectivity index (χ3v) is 3.76. The lowest BCUT2D eigenvalue weighted by Gasteiger charge is -2.10. The zero-order chi connectivity index (χ0) is 13.0. The summed E-state index contributed by atoms with van der Waals surface area (Å²) < 4.78 is 0. The highest BCUT2D eigenvalue weighted by Gasteiger charge is 2.22. The van der Waals surface area contributed by atoms with Crippen molar-refractivity contribution in [2.24, 2.45) is 0 Å². The average Bonchev–Trinajstić information content (AvgIpc) is 2.63. The number of aromatic nitrogens is 1. The average molecular weight is 256 g/mol. The molecule has 0 spiro atoms. The summed E-state index contributed by atoms with van der Waals surface area (Å²) in [5, 5.41) is 10.1. The van der Waals surface area contributed by atoms with Gasteiger partial charge in [-0.15, -0.1) is 11.3 Å². The molecule has 1 N–H and O–H groups in total. The molecule has 0 aliphatic rings. The molecule has 4 nitrogen and oxygen atoms in total. The minimum atomic E-state index is -0.852. The Balaban J connectivity index is 3.08. The highest BCUT2D eigenvalue weighted by atomic mass is 32.1. The summed E-state index contributed by atoms with van der Waals surface area (Å²) in [5.74, 6) is -0.595. The van der Waals surface area contributed by atoms with E-state index in [1.165, 1.54) is 11.3 Å². The summed E-state index contributed by atoms with van der Waals surface area (Å²) in [6, 6.07) is 0. The normalized spacial score (nSPS) is 11.4. The van der Waals surface area contributed by atoms with Crippen molar-refractivity contribution in [3.63, 3.8) is 0 Å². The van der Waals surface area contributed by atoms with Gasteiger partial charge in [0.25, 0.3) is 0 Å². The van der Waals surface area contributed by atoms with Crippen molar-refractivity contribution in [2.45, 2.75) is 39.2 Å². The fourth-order valence-electron chi connectivity index (χ4n) is 1.82. The number of hydrogen-bond acceptors (Lipinski definition) is 4. The number of nitrogens with zero attached hydrogens (tertiary/aromatic N) is 2. The molecule has 0 atom stereocenters. The number of carbonyl (C=O) groups is 1. The van der Waals surface area contributed by atoms with Crippen LogP contribution in [-0.4, -0.2) is 35.1 Å². The Kier molecular flexibility index (Phi) is 5.08. The van der Waals surface area contributed by atoms with Crippen LogP contribution in [0.2, 0.25) is 0 Å². The Morgan fingerprint density at radius 3 is 2.41 bits per heavy atom. The maximum absolute atomic E-state index is 11.2. The van der Waals surface area contributed by atoms with Crippen LogP contribution < -0.4 is 0 Å². The first-order valence-electron chi connectivity index (χ1n) is 5.87. The summed E-state index contributed by atoms with van der Waals surface area (Å²) in [6.07, 6.45) is 1.86. The molecule has 0 aliphatic heterocycles. The van der Waals surface area contributed by atoms with Crippen LogP contribution in [0.5, 0.6) is 0 Å². The molecule has 0 saturated heterocycles. The van der Waals surface area contributed by atoms with Gasteiger partial charge in [-0.1, -0.05) is 13.8 Å². The van der Waals surface area contributed by atoms with E-state index in [2.05, 4.69) is 18.8 Å². The molecule has 0 saturated carbocycles. The van der Waals surface area contributed by atoms with Gasteiger partial charge in [0.1, 0.15) is 9.88 Å².